The van der Waals surface area contributed by atoms with Crippen molar-refractivity contribution in [3.63, 3.8) is 0 Å². The molecule has 23 heavy (non-hydrogen) atoms. The smallest absolute Gasteiger partial charge is 0.408 e. The number of amides is 2. The summed E-state index contributed by atoms with van der Waals surface area (Å²) in [5.74, 6) is 0.00733. The minimum absolute atomic E-state index is 0.130. The standard InChI is InChI=1S/C17H26N2O4/c1-12(2)9-15(10-20)19-16(21)13(3)18-17(22)23-11-14-7-5-4-6-8-14/h4-8,12-13,15,20H,9-11H2,1-3H3,(H,18,22)(H,19,21). The first kappa shape index (κ1) is 19.0. The van der Waals surface area contributed by atoms with Gasteiger partial charge in [0.05, 0.1) is 12.6 Å². The molecule has 0 spiro atoms. The van der Waals surface area contributed by atoms with E-state index >= 15 is 0 Å². The Morgan fingerprint density at radius 2 is 1.78 bits per heavy atom. The van der Waals surface area contributed by atoms with Gasteiger partial charge in [0, 0.05) is 0 Å². The molecule has 0 heterocycles. The molecule has 0 fully saturated rings. The maximum atomic E-state index is 12.0. The Kier molecular flexibility index (Phi) is 8.11. The quantitative estimate of drug-likeness (QED) is 0.681. The number of aliphatic hydroxyl groups excluding tert-OH is 1. The summed E-state index contributed by atoms with van der Waals surface area (Å²) in [6, 6.07) is 8.24. The molecule has 0 bridgehead atoms. The molecule has 0 radical (unpaired) electrons. The Bertz CT molecular complexity index is 491. The molecule has 0 saturated heterocycles. The number of carbonyl (C=O) groups is 2. The second-order valence-electron chi connectivity index (χ2n) is 5.95. The number of alkyl carbamates (subject to hydrolysis) is 1. The van der Waals surface area contributed by atoms with Crippen molar-refractivity contribution in [1.29, 1.82) is 0 Å². The lowest BCUT2D eigenvalue weighted by Gasteiger charge is -2.21. The highest BCUT2D eigenvalue weighted by Crippen LogP contribution is 2.04. The first-order chi connectivity index (χ1) is 10.9. The molecule has 0 aliphatic heterocycles. The zero-order valence-corrected chi connectivity index (χ0v) is 13.9. The van der Waals surface area contributed by atoms with Crippen molar-refractivity contribution in [3.05, 3.63) is 35.9 Å². The number of hydrogen-bond donors (Lipinski definition) is 3. The van der Waals surface area contributed by atoms with Crippen molar-refractivity contribution < 1.29 is 19.4 Å². The van der Waals surface area contributed by atoms with Crippen LogP contribution in [0.25, 0.3) is 0 Å². The van der Waals surface area contributed by atoms with Gasteiger partial charge in [0.2, 0.25) is 5.91 Å². The summed E-state index contributed by atoms with van der Waals surface area (Å²) in [4.78, 5) is 23.7. The van der Waals surface area contributed by atoms with Crippen molar-refractivity contribution in [2.45, 2.75) is 45.9 Å². The molecule has 1 rings (SSSR count). The minimum Gasteiger partial charge on any atom is -0.445 e. The first-order valence-electron chi connectivity index (χ1n) is 7.80. The van der Waals surface area contributed by atoms with Gasteiger partial charge in [-0.2, -0.15) is 0 Å². The zero-order valence-electron chi connectivity index (χ0n) is 13.9. The highest BCUT2D eigenvalue weighted by molar-refractivity contribution is 5.85. The van der Waals surface area contributed by atoms with Gasteiger partial charge in [-0.05, 0) is 24.8 Å². The van der Waals surface area contributed by atoms with Crippen LogP contribution < -0.4 is 10.6 Å². The van der Waals surface area contributed by atoms with Crippen LogP contribution in [0.2, 0.25) is 0 Å². The molecule has 0 aliphatic carbocycles. The fraction of sp³-hybridized carbons (Fsp3) is 0.529. The van der Waals surface area contributed by atoms with E-state index < -0.39 is 12.1 Å². The number of benzene rings is 1. The summed E-state index contributed by atoms with van der Waals surface area (Å²) in [6.45, 7) is 5.61. The van der Waals surface area contributed by atoms with Crippen LogP contribution in [-0.4, -0.2) is 35.8 Å². The maximum Gasteiger partial charge on any atom is 0.408 e. The van der Waals surface area contributed by atoms with Crippen LogP contribution in [0, 0.1) is 5.92 Å². The van der Waals surface area contributed by atoms with E-state index in [1.807, 2.05) is 44.2 Å². The Morgan fingerprint density at radius 1 is 1.13 bits per heavy atom. The fourth-order valence-electron chi connectivity index (χ4n) is 2.08. The Labute approximate surface area is 137 Å². The molecule has 2 atom stereocenters. The van der Waals surface area contributed by atoms with Gasteiger partial charge in [-0.25, -0.2) is 4.79 Å². The lowest BCUT2D eigenvalue weighted by atomic mass is 10.0. The van der Waals surface area contributed by atoms with E-state index in [2.05, 4.69) is 10.6 Å². The van der Waals surface area contributed by atoms with Crippen LogP contribution in [0.5, 0.6) is 0 Å². The number of nitrogens with one attached hydrogen (secondary N) is 2. The highest BCUT2D eigenvalue weighted by atomic mass is 16.5. The normalized spacial score (nSPS) is 13.3. The van der Waals surface area contributed by atoms with Gasteiger partial charge in [-0.15, -0.1) is 0 Å². The van der Waals surface area contributed by atoms with Crippen LogP contribution >= 0.6 is 0 Å². The summed E-state index contributed by atoms with van der Waals surface area (Å²) in [6.07, 6.45) is 0.0221. The Hall–Kier alpha value is -2.08. The lowest BCUT2D eigenvalue weighted by Crippen LogP contribution is -2.49. The second-order valence-corrected chi connectivity index (χ2v) is 5.95. The molecule has 1 aromatic carbocycles. The fourth-order valence-corrected chi connectivity index (χ4v) is 2.08. The van der Waals surface area contributed by atoms with Crippen molar-refractivity contribution in [1.82, 2.24) is 10.6 Å². The number of rotatable bonds is 8. The molecule has 1 aromatic rings. The molecule has 2 unspecified atom stereocenters. The van der Waals surface area contributed by atoms with E-state index in [1.54, 1.807) is 6.92 Å². The van der Waals surface area contributed by atoms with Crippen molar-refractivity contribution >= 4 is 12.0 Å². The van der Waals surface area contributed by atoms with Gasteiger partial charge in [0.1, 0.15) is 12.6 Å². The number of carbonyl (C=O) groups excluding carboxylic acids is 2. The Balaban J connectivity index is 2.37. The van der Waals surface area contributed by atoms with E-state index in [0.29, 0.717) is 12.3 Å². The minimum atomic E-state index is -0.737. The van der Waals surface area contributed by atoms with Crippen molar-refractivity contribution in [3.8, 4) is 0 Å². The summed E-state index contributed by atoms with van der Waals surface area (Å²) in [5, 5.41) is 14.5. The lowest BCUT2D eigenvalue weighted by molar-refractivity contribution is -0.123. The number of aliphatic hydroxyl groups is 1. The third kappa shape index (κ3) is 7.65. The van der Waals surface area contributed by atoms with Crippen molar-refractivity contribution in [2.75, 3.05) is 6.61 Å². The zero-order chi connectivity index (χ0) is 17.2. The van der Waals surface area contributed by atoms with Crippen LogP contribution in [0.15, 0.2) is 30.3 Å². The molecule has 6 nitrogen and oxygen atoms in total. The van der Waals surface area contributed by atoms with Gasteiger partial charge in [0.15, 0.2) is 0 Å². The molecule has 0 aromatic heterocycles. The predicted octanol–water partition coefficient (Wildman–Crippen LogP) is 1.82. The van der Waals surface area contributed by atoms with E-state index in [9.17, 15) is 14.7 Å². The van der Waals surface area contributed by atoms with Crippen molar-refractivity contribution in [2.24, 2.45) is 5.92 Å². The van der Waals surface area contributed by atoms with E-state index in [1.165, 1.54) is 0 Å². The Morgan fingerprint density at radius 3 is 2.35 bits per heavy atom. The summed E-state index contributed by atoms with van der Waals surface area (Å²) in [7, 11) is 0. The molecule has 3 N–H and O–H groups in total. The largest absolute Gasteiger partial charge is 0.445 e. The molecule has 0 aliphatic rings. The van der Waals surface area contributed by atoms with Gasteiger partial charge < -0.3 is 20.5 Å². The molecule has 2 amide bonds. The van der Waals surface area contributed by atoms with Gasteiger partial charge in [0.25, 0.3) is 0 Å². The van der Waals surface area contributed by atoms with E-state index in [-0.39, 0.29) is 25.2 Å². The summed E-state index contributed by atoms with van der Waals surface area (Å²) < 4.78 is 5.07. The third-order valence-corrected chi connectivity index (χ3v) is 3.26. The topological polar surface area (TPSA) is 87.7 Å². The van der Waals surface area contributed by atoms with Crippen LogP contribution in [0.1, 0.15) is 32.8 Å². The second kappa shape index (κ2) is 9.84. The van der Waals surface area contributed by atoms with Crippen LogP contribution in [0.4, 0.5) is 4.79 Å². The van der Waals surface area contributed by atoms with Crippen LogP contribution in [0.3, 0.4) is 0 Å². The van der Waals surface area contributed by atoms with Gasteiger partial charge in [-0.3, -0.25) is 4.79 Å². The van der Waals surface area contributed by atoms with Crippen LogP contribution in [-0.2, 0) is 16.1 Å². The monoisotopic (exact) mass is 322 g/mol. The van der Waals surface area contributed by atoms with Gasteiger partial charge in [-0.1, -0.05) is 44.2 Å². The molecular formula is C17H26N2O4. The predicted molar refractivity (Wildman–Crippen MR) is 87.7 cm³/mol. The molecule has 6 heteroatoms. The highest BCUT2D eigenvalue weighted by Gasteiger charge is 2.20. The summed E-state index contributed by atoms with van der Waals surface area (Å²) in [5.41, 5.74) is 0.872. The molecule has 0 saturated carbocycles. The number of hydrogen-bond acceptors (Lipinski definition) is 4. The maximum absolute atomic E-state index is 12.0. The third-order valence-electron chi connectivity index (χ3n) is 3.26. The average molecular weight is 322 g/mol. The molecular weight excluding hydrogens is 296 g/mol. The molecule has 128 valence electrons. The first-order valence-corrected chi connectivity index (χ1v) is 7.80. The summed E-state index contributed by atoms with van der Waals surface area (Å²) >= 11 is 0. The van der Waals surface area contributed by atoms with E-state index in [0.717, 1.165) is 5.56 Å². The SMILES string of the molecule is CC(C)CC(CO)NC(=O)C(C)NC(=O)OCc1ccccc1. The van der Waals surface area contributed by atoms with Gasteiger partial charge >= 0.3 is 6.09 Å². The van der Waals surface area contributed by atoms with E-state index in [4.69, 9.17) is 4.74 Å². The number of ether oxygens (including phenoxy) is 1. The average Bonchev–Trinajstić information content (AvgIpc) is 2.52.